The second-order valence-electron chi connectivity index (χ2n) is 8.70. The van der Waals surface area contributed by atoms with Crippen molar-refractivity contribution in [3.63, 3.8) is 0 Å². The summed E-state index contributed by atoms with van der Waals surface area (Å²) in [6.45, 7) is 8.60. The van der Waals surface area contributed by atoms with Crippen LogP contribution in [0.1, 0.15) is 72.6 Å². The molecule has 0 radical (unpaired) electrons. The summed E-state index contributed by atoms with van der Waals surface area (Å²) in [6.07, 6.45) is 6.06. The molecule has 0 aliphatic heterocycles. The highest BCUT2D eigenvalue weighted by Crippen LogP contribution is 2.15. The highest BCUT2D eigenvalue weighted by Gasteiger charge is 2.18. The molecule has 15 heteroatoms. The van der Waals surface area contributed by atoms with E-state index in [0.717, 1.165) is 56.8 Å². The Bertz CT molecular complexity index is 1250. The van der Waals surface area contributed by atoms with E-state index in [1.54, 1.807) is 35.1 Å². The molecule has 0 aromatic carbocycles. The van der Waals surface area contributed by atoms with Crippen molar-refractivity contribution in [2.24, 2.45) is 0 Å². The Kier molecular flexibility index (Phi) is 23.4. The van der Waals surface area contributed by atoms with E-state index in [9.17, 15) is 8.78 Å². The number of thiazole rings is 2. The molecule has 0 saturated heterocycles. The molecule has 4 aromatic heterocycles. The molecular weight excluding hydrogens is 657 g/mol. The van der Waals surface area contributed by atoms with Gasteiger partial charge in [0, 0.05) is 51.9 Å². The van der Waals surface area contributed by atoms with E-state index in [0.29, 0.717) is 37.6 Å². The van der Waals surface area contributed by atoms with Gasteiger partial charge in [-0.15, -0.1) is 12.4 Å². The van der Waals surface area contributed by atoms with Crippen LogP contribution in [0.2, 0.25) is 0 Å². The molecule has 0 spiro atoms. The van der Waals surface area contributed by atoms with Gasteiger partial charge in [-0.05, 0) is 0 Å². The number of aryl methyl sites for hydroxylation is 4. The number of aromatic nitrogens is 6. The summed E-state index contributed by atoms with van der Waals surface area (Å²) in [7, 11) is 0. The van der Waals surface area contributed by atoms with Crippen LogP contribution < -0.4 is 45.4 Å². The first-order valence-electron chi connectivity index (χ1n) is 12.6. The zero-order valence-electron chi connectivity index (χ0n) is 23.5. The number of nitrogen functional groups attached to an aromatic ring is 2. The average Bonchev–Trinajstić information content (AvgIpc) is 3.44. The van der Waals surface area contributed by atoms with E-state index in [1.807, 2.05) is 38.7 Å². The van der Waals surface area contributed by atoms with Gasteiger partial charge in [0.1, 0.15) is 23.3 Å². The minimum atomic E-state index is -0.322. The average molecular weight is 702 g/mol. The second-order valence-corrected chi connectivity index (χ2v) is 10.6. The van der Waals surface area contributed by atoms with E-state index in [-0.39, 0.29) is 65.4 Å². The van der Waals surface area contributed by atoms with Gasteiger partial charge in [-0.25, -0.2) is 19.9 Å². The third-order valence-electron chi connectivity index (χ3n) is 6.17. The largest absolute Gasteiger partial charge is 1.00 e. The lowest BCUT2D eigenvalue weighted by molar-refractivity contribution is -0.689. The molecule has 0 atom stereocenters. The van der Waals surface area contributed by atoms with Crippen molar-refractivity contribution in [2.45, 2.75) is 81.3 Å². The highest BCUT2D eigenvalue weighted by atomic mass is 35.5. The zero-order valence-corrected chi connectivity index (χ0v) is 27.5. The van der Waals surface area contributed by atoms with Crippen LogP contribution in [0.4, 0.5) is 20.4 Å². The van der Waals surface area contributed by atoms with Crippen molar-refractivity contribution in [3.05, 3.63) is 67.3 Å². The van der Waals surface area contributed by atoms with Crippen molar-refractivity contribution in [1.82, 2.24) is 19.9 Å². The molecular formula is C28H45Cl3F2N8S2. The Balaban J connectivity index is -0.000000667. The van der Waals surface area contributed by atoms with Gasteiger partial charge in [0.25, 0.3) is 0 Å². The van der Waals surface area contributed by atoms with E-state index in [4.69, 9.17) is 11.5 Å². The predicted molar refractivity (Wildman–Crippen MR) is 168 cm³/mol. The van der Waals surface area contributed by atoms with Crippen molar-refractivity contribution in [3.8, 4) is 0 Å². The minimum Gasteiger partial charge on any atom is -1.00 e. The lowest BCUT2D eigenvalue weighted by atomic mass is 10.2. The van der Waals surface area contributed by atoms with Crippen LogP contribution in [0.3, 0.4) is 0 Å². The number of hydrogen-bond acceptors (Lipinski definition) is 8. The Morgan fingerprint density at radius 3 is 1.35 bits per heavy atom. The number of halogens is 5. The summed E-state index contributed by atoms with van der Waals surface area (Å²) >= 11 is 3.15. The number of nitrogens with two attached hydrogens (primary N) is 2. The molecule has 0 fully saturated rings. The fourth-order valence-electron chi connectivity index (χ4n) is 3.73. The molecule has 4 N–H and O–H groups in total. The van der Waals surface area contributed by atoms with Crippen molar-refractivity contribution < 1.29 is 42.7 Å². The first-order chi connectivity index (χ1) is 18.3. The molecule has 0 amide bonds. The summed E-state index contributed by atoms with van der Waals surface area (Å²) < 4.78 is 28.9. The van der Waals surface area contributed by atoms with E-state index >= 15 is 0 Å². The number of nitrogens with zero attached hydrogens (tertiary/aromatic N) is 6. The van der Waals surface area contributed by atoms with Gasteiger partial charge in [0.15, 0.2) is 24.5 Å². The Hall–Kier alpha value is -2.25. The standard InChI is InChI=1S/2C13H18FN4S.2CH4.3ClH/c2*1-3-12-16-6-10(13(15)17-12)7-18-8-19-11(4-5-14)9(18)2;;;;;/h2*6,8H,3-5,7H2,1-2H3,(H2,15,16,17);2*1H4;3*1H/q2*+1;;;;;/p-2. The van der Waals surface area contributed by atoms with Gasteiger partial charge in [-0.3, -0.25) is 8.78 Å². The Morgan fingerprint density at radius 1 is 0.721 bits per heavy atom. The third kappa shape index (κ3) is 12.3. The maximum Gasteiger partial charge on any atom is 0.225 e. The van der Waals surface area contributed by atoms with Crippen LogP contribution in [-0.2, 0) is 38.8 Å². The van der Waals surface area contributed by atoms with Crippen molar-refractivity contribution >= 4 is 46.7 Å². The Labute approximate surface area is 281 Å². The highest BCUT2D eigenvalue weighted by molar-refractivity contribution is 7.09. The van der Waals surface area contributed by atoms with Crippen LogP contribution in [0.5, 0.6) is 0 Å². The number of hydrogen-bond donors (Lipinski definition) is 2. The molecule has 0 saturated carbocycles. The van der Waals surface area contributed by atoms with Crippen LogP contribution in [-0.4, -0.2) is 33.3 Å². The smallest absolute Gasteiger partial charge is 0.225 e. The van der Waals surface area contributed by atoms with E-state index in [1.165, 1.54) is 0 Å². The van der Waals surface area contributed by atoms with Crippen molar-refractivity contribution in [1.29, 1.82) is 0 Å². The molecule has 0 aliphatic carbocycles. The topological polar surface area (TPSA) is 111 Å². The summed E-state index contributed by atoms with van der Waals surface area (Å²) in [4.78, 5) is 19.2. The predicted octanol–water partition coefficient (Wildman–Crippen LogP) is -0.620. The zero-order chi connectivity index (χ0) is 27.7. The minimum absolute atomic E-state index is 0. The Morgan fingerprint density at radius 2 is 1.07 bits per heavy atom. The molecule has 0 unspecified atom stereocenters. The molecule has 4 heterocycles. The molecule has 0 bridgehead atoms. The van der Waals surface area contributed by atoms with Gasteiger partial charge in [-0.2, -0.15) is 9.13 Å². The molecule has 4 aromatic rings. The maximum atomic E-state index is 12.4. The lowest BCUT2D eigenvalue weighted by Gasteiger charge is -2.03. The van der Waals surface area contributed by atoms with Crippen molar-refractivity contribution in [2.75, 3.05) is 24.8 Å². The van der Waals surface area contributed by atoms with Crippen LogP contribution in [0, 0.1) is 13.8 Å². The fraction of sp³-hybridized carbons (Fsp3) is 0.500. The summed E-state index contributed by atoms with van der Waals surface area (Å²) in [5.41, 5.74) is 19.8. The van der Waals surface area contributed by atoms with Crippen LogP contribution in [0.15, 0.2) is 23.4 Å². The van der Waals surface area contributed by atoms with Gasteiger partial charge in [-0.1, -0.05) is 51.4 Å². The third-order valence-corrected chi connectivity index (χ3v) is 8.45. The second kappa shape index (κ2) is 22.3. The number of alkyl halides is 2. The normalized spacial score (nSPS) is 9.63. The molecule has 0 aliphatic rings. The fourth-order valence-corrected chi connectivity index (χ4v) is 5.67. The maximum absolute atomic E-state index is 12.4. The van der Waals surface area contributed by atoms with Crippen LogP contribution >= 0.6 is 35.1 Å². The number of anilines is 2. The summed E-state index contributed by atoms with van der Waals surface area (Å²) in [5, 5.41) is 0. The molecule has 4 rings (SSSR count). The van der Waals surface area contributed by atoms with Gasteiger partial charge in [0.2, 0.25) is 11.0 Å². The monoisotopic (exact) mass is 700 g/mol. The summed E-state index contributed by atoms with van der Waals surface area (Å²) in [5.74, 6) is 2.56. The van der Waals surface area contributed by atoms with E-state index < -0.39 is 0 Å². The van der Waals surface area contributed by atoms with Crippen LogP contribution in [0.25, 0.3) is 0 Å². The van der Waals surface area contributed by atoms with Gasteiger partial charge >= 0.3 is 0 Å². The lowest BCUT2D eigenvalue weighted by Crippen LogP contribution is -3.00. The summed E-state index contributed by atoms with van der Waals surface area (Å²) in [6, 6.07) is 0. The quantitative estimate of drug-likeness (QED) is 0.214. The van der Waals surface area contributed by atoms with Gasteiger partial charge in [0.05, 0.1) is 34.2 Å². The molecule has 43 heavy (non-hydrogen) atoms. The first kappa shape index (κ1) is 45.2. The molecule has 244 valence electrons. The first-order valence-corrected chi connectivity index (χ1v) is 14.3. The van der Waals surface area contributed by atoms with Gasteiger partial charge < -0.3 is 36.3 Å². The number of rotatable bonds is 10. The molecule has 8 nitrogen and oxygen atoms in total. The SMILES string of the molecule is C.C.CCc1ncc(C[n+]2csc(CCF)c2C)c(N)n1.CCc1ncc(C[n+]2csc(CCF)c2C)c(N)n1.Cl.[Cl-].[Cl-]. The van der Waals surface area contributed by atoms with E-state index in [2.05, 4.69) is 29.1 Å².